The Hall–Kier alpha value is -1.75. The van der Waals surface area contributed by atoms with Crippen molar-refractivity contribution >= 4 is 11.7 Å². The molecule has 2 atom stereocenters. The number of aliphatic hydroxyl groups is 1. The van der Waals surface area contributed by atoms with Crippen LogP contribution in [0.25, 0.3) is 0 Å². The Morgan fingerprint density at radius 1 is 1.42 bits per heavy atom. The van der Waals surface area contributed by atoms with Crippen molar-refractivity contribution in [2.45, 2.75) is 19.4 Å². The van der Waals surface area contributed by atoms with Crippen molar-refractivity contribution in [2.75, 3.05) is 25.5 Å². The van der Waals surface area contributed by atoms with Gasteiger partial charge in [0.2, 0.25) is 0 Å². The number of aliphatic hydroxyl groups excluding tert-OH is 1. The number of hydrogen-bond donors (Lipinski definition) is 2. The molecule has 104 valence electrons. The molecular formula is C14H20N2O3. The van der Waals surface area contributed by atoms with E-state index in [-0.39, 0.29) is 18.1 Å². The first-order valence-corrected chi connectivity index (χ1v) is 6.48. The quantitative estimate of drug-likeness (QED) is 0.858. The molecule has 2 amide bonds. The third-order valence-corrected chi connectivity index (χ3v) is 3.49. The molecule has 0 spiro atoms. The molecule has 1 fully saturated rings. The zero-order chi connectivity index (χ0) is 13.8. The van der Waals surface area contributed by atoms with E-state index in [1.54, 1.807) is 36.3 Å². The van der Waals surface area contributed by atoms with Gasteiger partial charge in [-0.2, -0.15) is 0 Å². The molecule has 1 aromatic rings. The number of carbonyl (C=O) groups is 1. The van der Waals surface area contributed by atoms with E-state index in [1.165, 1.54) is 0 Å². The van der Waals surface area contributed by atoms with Crippen molar-refractivity contribution in [3.05, 3.63) is 24.3 Å². The molecule has 1 saturated heterocycles. The Morgan fingerprint density at radius 3 is 2.68 bits per heavy atom. The van der Waals surface area contributed by atoms with Gasteiger partial charge < -0.3 is 20.1 Å². The summed E-state index contributed by atoms with van der Waals surface area (Å²) in [5.41, 5.74) is 0.740. The van der Waals surface area contributed by atoms with Crippen LogP contribution in [-0.2, 0) is 0 Å². The van der Waals surface area contributed by atoms with Crippen LogP contribution in [-0.4, -0.2) is 42.3 Å². The minimum atomic E-state index is -0.301. The zero-order valence-electron chi connectivity index (χ0n) is 11.3. The highest BCUT2D eigenvalue weighted by molar-refractivity contribution is 5.89. The van der Waals surface area contributed by atoms with Gasteiger partial charge in [0.15, 0.2) is 0 Å². The van der Waals surface area contributed by atoms with E-state index < -0.39 is 0 Å². The average Bonchev–Trinajstić information content (AvgIpc) is 2.42. The van der Waals surface area contributed by atoms with Gasteiger partial charge in [0.25, 0.3) is 0 Å². The number of piperidine rings is 1. The van der Waals surface area contributed by atoms with E-state index in [0.29, 0.717) is 19.5 Å². The number of nitrogens with zero attached hydrogens (tertiary/aromatic N) is 1. The third-order valence-electron chi connectivity index (χ3n) is 3.49. The van der Waals surface area contributed by atoms with Gasteiger partial charge in [-0.3, -0.25) is 0 Å². The topological polar surface area (TPSA) is 61.8 Å². The number of benzene rings is 1. The second-order valence-electron chi connectivity index (χ2n) is 4.94. The minimum Gasteiger partial charge on any atom is -0.497 e. The van der Waals surface area contributed by atoms with E-state index in [9.17, 15) is 9.90 Å². The number of amides is 2. The monoisotopic (exact) mass is 264 g/mol. The molecular weight excluding hydrogens is 244 g/mol. The van der Waals surface area contributed by atoms with Gasteiger partial charge >= 0.3 is 6.03 Å². The smallest absolute Gasteiger partial charge is 0.321 e. The molecule has 2 rings (SSSR count). The van der Waals surface area contributed by atoms with Crippen molar-refractivity contribution in [1.29, 1.82) is 0 Å². The summed E-state index contributed by atoms with van der Waals surface area (Å²) in [6.07, 6.45) is 0.335. The van der Waals surface area contributed by atoms with Gasteiger partial charge in [0.05, 0.1) is 13.2 Å². The lowest BCUT2D eigenvalue weighted by atomic mass is 9.97. The number of urea groups is 1. The summed E-state index contributed by atoms with van der Waals surface area (Å²) in [6.45, 7) is 3.13. The summed E-state index contributed by atoms with van der Waals surface area (Å²) in [5, 5.41) is 12.5. The number of rotatable bonds is 2. The van der Waals surface area contributed by atoms with Crippen LogP contribution in [0.5, 0.6) is 5.75 Å². The van der Waals surface area contributed by atoms with Gasteiger partial charge in [-0.15, -0.1) is 0 Å². The normalized spacial score (nSPS) is 23.0. The maximum atomic E-state index is 12.1. The van der Waals surface area contributed by atoms with Crippen molar-refractivity contribution < 1.29 is 14.6 Å². The van der Waals surface area contributed by atoms with E-state index in [4.69, 9.17) is 4.74 Å². The lowest BCUT2D eigenvalue weighted by Gasteiger charge is -2.34. The first-order valence-electron chi connectivity index (χ1n) is 6.48. The SMILES string of the molecule is COc1ccc(NC(=O)N2CCC(O)C(C)C2)cc1. The van der Waals surface area contributed by atoms with Crippen LogP contribution in [0.4, 0.5) is 10.5 Å². The largest absolute Gasteiger partial charge is 0.497 e. The molecule has 1 aliphatic heterocycles. The predicted octanol–water partition coefficient (Wildman–Crippen LogP) is 1.93. The van der Waals surface area contributed by atoms with Crippen molar-refractivity contribution in [3.63, 3.8) is 0 Å². The second-order valence-corrected chi connectivity index (χ2v) is 4.94. The van der Waals surface area contributed by atoms with Gasteiger partial charge in [-0.1, -0.05) is 6.92 Å². The number of carbonyl (C=O) groups excluding carboxylic acids is 1. The molecule has 0 radical (unpaired) electrons. The standard InChI is InChI=1S/C14H20N2O3/c1-10-9-16(8-7-13(10)17)14(18)15-11-3-5-12(19-2)6-4-11/h3-6,10,13,17H,7-9H2,1-2H3,(H,15,18). The molecule has 19 heavy (non-hydrogen) atoms. The van der Waals surface area contributed by atoms with Gasteiger partial charge in [0.1, 0.15) is 5.75 Å². The molecule has 2 unspecified atom stereocenters. The van der Waals surface area contributed by atoms with Crippen LogP contribution in [0.2, 0.25) is 0 Å². The first kappa shape index (κ1) is 13.7. The minimum absolute atomic E-state index is 0.121. The van der Waals surface area contributed by atoms with Gasteiger partial charge in [-0.25, -0.2) is 4.79 Å². The molecule has 0 aliphatic carbocycles. The zero-order valence-corrected chi connectivity index (χ0v) is 11.3. The molecule has 5 nitrogen and oxygen atoms in total. The third kappa shape index (κ3) is 3.38. The maximum Gasteiger partial charge on any atom is 0.321 e. The first-order chi connectivity index (χ1) is 9.10. The van der Waals surface area contributed by atoms with E-state index >= 15 is 0 Å². The molecule has 0 aromatic heterocycles. The number of hydrogen-bond acceptors (Lipinski definition) is 3. The Kier molecular flexibility index (Phi) is 4.27. The van der Waals surface area contributed by atoms with Crippen molar-refractivity contribution in [1.82, 2.24) is 4.90 Å². The van der Waals surface area contributed by atoms with Crippen LogP contribution in [0.3, 0.4) is 0 Å². The van der Waals surface area contributed by atoms with Crippen LogP contribution < -0.4 is 10.1 Å². The van der Waals surface area contributed by atoms with Gasteiger partial charge in [0, 0.05) is 18.8 Å². The summed E-state index contributed by atoms with van der Waals surface area (Å²) < 4.78 is 5.07. The average molecular weight is 264 g/mol. The van der Waals surface area contributed by atoms with Gasteiger partial charge in [-0.05, 0) is 36.6 Å². The second kappa shape index (κ2) is 5.93. The molecule has 2 N–H and O–H groups in total. The molecule has 5 heteroatoms. The Balaban J connectivity index is 1.93. The van der Waals surface area contributed by atoms with Crippen LogP contribution in [0, 0.1) is 5.92 Å². The van der Waals surface area contributed by atoms with Crippen molar-refractivity contribution in [3.8, 4) is 5.75 Å². The molecule has 0 bridgehead atoms. The Labute approximate surface area is 113 Å². The van der Waals surface area contributed by atoms with E-state index in [2.05, 4.69) is 5.32 Å². The fraction of sp³-hybridized carbons (Fsp3) is 0.500. The van der Waals surface area contributed by atoms with E-state index in [1.807, 2.05) is 6.92 Å². The molecule has 1 aromatic carbocycles. The number of methoxy groups -OCH3 is 1. The highest BCUT2D eigenvalue weighted by Crippen LogP contribution is 2.19. The summed E-state index contributed by atoms with van der Waals surface area (Å²) in [5.74, 6) is 0.878. The number of nitrogens with one attached hydrogen (secondary N) is 1. The van der Waals surface area contributed by atoms with Crippen LogP contribution in [0.15, 0.2) is 24.3 Å². The fourth-order valence-corrected chi connectivity index (χ4v) is 2.19. The Bertz CT molecular complexity index is 433. The number of anilines is 1. The van der Waals surface area contributed by atoms with Crippen molar-refractivity contribution in [2.24, 2.45) is 5.92 Å². The molecule has 1 heterocycles. The van der Waals surface area contributed by atoms with E-state index in [0.717, 1.165) is 11.4 Å². The number of likely N-dealkylation sites (tertiary alicyclic amines) is 1. The maximum absolute atomic E-state index is 12.1. The summed E-state index contributed by atoms with van der Waals surface area (Å²) in [4.78, 5) is 13.8. The molecule has 1 aliphatic rings. The molecule has 0 saturated carbocycles. The summed E-state index contributed by atoms with van der Waals surface area (Å²) >= 11 is 0. The lowest BCUT2D eigenvalue weighted by molar-refractivity contribution is 0.0506. The fourth-order valence-electron chi connectivity index (χ4n) is 2.19. The number of ether oxygens (including phenoxy) is 1. The highest BCUT2D eigenvalue weighted by Gasteiger charge is 2.27. The predicted molar refractivity (Wildman–Crippen MR) is 73.4 cm³/mol. The summed E-state index contributed by atoms with van der Waals surface area (Å²) in [6, 6.07) is 7.10. The van der Waals surface area contributed by atoms with Crippen LogP contribution >= 0.6 is 0 Å². The summed E-state index contributed by atoms with van der Waals surface area (Å²) in [7, 11) is 1.61. The Morgan fingerprint density at radius 2 is 2.11 bits per heavy atom. The highest BCUT2D eigenvalue weighted by atomic mass is 16.5. The van der Waals surface area contributed by atoms with Crippen LogP contribution in [0.1, 0.15) is 13.3 Å². The lowest BCUT2D eigenvalue weighted by Crippen LogP contribution is -2.46.